The molecular formula is C20H22OS4. The Labute approximate surface area is 167 Å². The zero-order valence-electron chi connectivity index (χ0n) is 14.2. The Morgan fingerprint density at radius 1 is 1.32 bits per heavy atom. The molecule has 0 aromatic heterocycles. The maximum absolute atomic E-state index is 11.3. The molecule has 2 aromatic rings. The summed E-state index contributed by atoms with van der Waals surface area (Å²) in [5.41, 5.74) is 1.46. The van der Waals surface area contributed by atoms with Crippen molar-refractivity contribution < 1.29 is 4.79 Å². The molecule has 132 valence electrons. The molecule has 1 fully saturated rings. The maximum Gasteiger partial charge on any atom is 0.212 e. The van der Waals surface area contributed by atoms with Crippen molar-refractivity contribution in [2.45, 2.75) is 28.4 Å². The Kier molecular flexibility index (Phi) is 7.28. The van der Waals surface area contributed by atoms with Crippen LogP contribution in [0.4, 0.5) is 0 Å². The first-order chi connectivity index (χ1) is 12.2. The topological polar surface area (TPSA) is 17.1 Å². The summed E-state index contributed by atoms with van der Waals surface area (Å²) in [6, 6.07) is 15.3. The van der Waals surface area contributed by atoms with E-state index >= 15 is 0 Å². The first kappa shape index (κ1) is 19.3. The molecule has 25 heavy (non-hydrogen) atoms. The fraction of sp³-hybridized carbons (Fsp3) is 0.350. The summed E-state index contributed by atoms with van der Waals surface area (Å²) >= 11 is 7.42. The van der Waals surface area contributed by atoms with E-state index in [-0.39, 0.29) is 5.12 Å². The Bertz CT molecular complexity index is 740. The van der Waals surface area contributed by atoms with Crippen LogP contribution in [-0.2, 0) is 4.79 Å². The van der Waals surface area contributed by atoms with E-state index in [0.29, 0.717) is 15.1 Å². The summed E-state index contributed by atoms with van der Waals surface area (Å²) in [4.78, 5) is 11.3. The highest BCUT2D eigenvalue weighted by Gasteiger charge is 2.29. The van der Waals surface area contributed by atoms with Crippen LogP contribution in [0.15, 0.2) is 55.1 Å². The van der Waals surface area contributed by atoms with Gasteiger partial charge in [0.1, 0.15) is 0 Å². The monoisotopic (exact) mass is 406 g/mol. The third-order valence-corrected chi connectivity index (χ3v) is 9.72. The van der Waals surface area contributed by atoms with E-state index in [9.17, 15) is 4.79 Å². The van der Waals surface area contributed by atoms with Gasteiger partial charge in [-0.05, 0) is 28.8 Å². The molecule has 2 aromatic carbocycles. The average molecular weight is 407 g/mol. The molecule has 1 saturated heterocycles. The molecule has 3 atom stereocenters. The molecule has 0 amide bonds. The summed E-state index contributed by atoms with van der Waals surface area (Å²) in [7, 11) is 0. The lowest BCUT2D eigenvalue weighted by molar-refractivity contribution is -0.107. The minimum absolute atomic E-state index is 0.0708. The van der Waals surface area contributed by atoms with Gasteiger partial charge in [0, 0.05) is 21.3 Å². The number of carbonyl (C=O) groups excluding carboxylic acids is 1. The van der Waals surface area contributed by atoms with Gasteiger partial charge in [-0.15, -0.1) is 35.3 Å². The van der Waals surface area contributed by atoms with Crippen LogP contribution in [-0.4, -0.2) is 26.5 Å². The first-order valence-electron chi connectivity index (χ1n) is 8.33. The predicted octanol–water partition coefficient (Wildman–Crippen LogP) is 6.60. The summed E-state index contributed by atoms with van der Waals surface area (Å²) < 4.78 is 0.532. The van der Waals surface area contributed by atoms with Crippen molar-refractivity contribution in [3.8, 4) is 0 Å². The minimum Gasteiger partial charge on any atom is -0.282 e. The zero-order chi connectivity index (χ0) is 17.6. The van der Waals surface area contributed by atoms with E-state index in [2.05, 4.69) is 79.5 Å². The SMILES string of the molecule is C=CC(=O)SCSC(C)CC1CS[C@@H](c2cccc3ccccc23)S1. The van der Waals surface area contributed by atoms with Gasteiger partial charge in [0.25, 0.3) is 0 Å². The van der Waals surface area contributed by atoms with Crippen LogP contribution in [0.25, 0.3) is 10.8 Å². The first-order valence-corrected chi connectivity index (χ1v) is 12.4. The maximum atomic E-state index is 11.3. The van der Waals surface area contributed by atoms with Gasteiger partial charge in [-0.25, -0.2) is 0 Å². The van der Waals surface area contributed by atoms with Crippen molar-refractivity contribution in [2.75, 3.05) is 10.8 Å². The van der Waals surface area contributed by atoms with Gasteiger partial charge in [0.2, 0.25) is 5.12 Å². The Hall–Kier alpha value is -0.490. The van der Waals surface area contributed by atoms with Gasteiger partial charge in [-0.3, -0.25) is 4.79 Å². The number of benzene rings is 2. The van der Waals surface area contributed by atoms with Gasteiger partial charge in [0.05, 0.1) is 4.58 Å². The van der Waals surface area contributed by atoms with Crippen LogP contribution in [0.5, 0.6) is 0 Å². The lowest BCUT2D eigenvalue weighted by atomic mass is 10.1. The lowest BCUT2D eigenvalue weighted by Crippen LogP contribution is -2.09. The highest BCUT2D eigenvalue weighted by atomic mass is 32.2. The van der Waals surface area contributed by atoms with E-state index in [1.54, 1.807) is 0 Å². The molecule has 0 N–H and O–H groups in total. The van der Waals surface area contributed by atoms with Crippen LogP contribution < -0.4 is 0 Å². The Balaban J connectivity index is 1.54. The van der Waals surface area contributed by atoms with Gasteiger partial charge in [-0.1, -0.05) is 67.7 Å². The largest absolute Gasteiger partial charge is 0.282 e. The molecule has 0 saturated carbocycles. The highest BCUT2D eigenvalue weighted by Crippen LogP contribution is 2.52. The van der Waals surface area contributed by atoms with Gasteiger partial charge >= 0.3 is 0 Å². The van der Waals surface area contributed by atoms with Crippen LogP contribution in [0.1, 0.15) is 23.5 Å². The molecular weight excluding hydrogens is 384 g/mol. The van der Waals surface area contributed by atoms with Gasteiger partial charge in [-0.2, -0.15) is 0 Å². The lowest BCUT2D eigenvalue weighted by Gasteiger charge is -2.16. The van der Waals surface area contributed by atoms with E-state index in [4.69, 9.17) is 0 Å². The number of rotatable bonds is 7. The van der Waals surface area contributed by atoms with E-state index in [1.165, 1.54) is 46.3 Å². The second-order valence-corrected chi connectivity index (χ2v) is 11.6. The Morgan fingerprint density at radius 2 is 2.12 bits per heavy atom. The molecule has 0 bridgehead atoms. The number of hydrogen-bond acceptors (Lipinski definition) is 5. The Morgan fingerprint density at radius 3 is 2.96 bits per heavy atom. The van der Waals surface area contributed by atoms with Gasteiger partial charge < -0.3 is 0 Å². The number of fused-ring (bicyclic) bond motifs is 1. The smallest absolute Gasteiger partial charge is 0.212 e. The molecule has 0 spiro atoms. The highest BCUT2D eigenvalue weighted by molar-refractivity contribution is 8.24. The van der Waals surface area contributed by atoms with Crippen molar-refractivity contribution in [2.24, 2.45) is 0 Å². The van der Waals surface area contributed by atoms with Crippen LogP contribution in [0.2, 0.25) is 0 Å². The van der Waals surface area contributed by atoms with E-state index in [1.807, 2.05) is 11.8 Å². The molecule has 3 rings (SSSR count). The number of hydrogen-bond donors (Lipinski definition) is 0. The molecule has 0 aliphatic carbocycles. The molecule has 1 heterocycles. The number of thioether (sulfide) groups is 4. The van der Waals surface area contributed by atoms with Crippen molar-refractivity contribution in [3.63, 3.8) is 0 Å². The van der Waals surface area contributed by atoms with E-state index < -0.39 is 0 Å². The second kappa shape index (κ2) is 9.45. The van der Waals surface area contributed by atoms with Crippen molar-refractivity contribution in [3.05, 3.63) is 60.7 Å². The molecule has 1 nitrogen and oxygen atoms in total. The molecule has 5 heteroatoms. The van der Waals surface area contributed by atoms with E-state index in [0.717, 1.165) is 5.08 Å². The molecule has 1 aliphatic heterocycles. The van der Waals surface area contributed by atoms with Crippen molar-refractivity contribution in [1.29, 1.82) is 0 Å². The zero-order valence-corrected chi connectivity index (χ0v) is 17.5. The predicted molar refractivity (Wildman–Crippen MR) is 120 cm³/mol. The van der Waals surface area contributed by atoms with Gasteiger partial charge in [0.15, 0.2) is 0 Å². The van der Waals surface area contributed by atoms with Crippen LogP contribution >= 0.6 is 47.0 Å². The third-order valence-electron chi connectivity index (χ3n) is 4.14. The van der Waals surface area contributed by atoms with Crippen molar-refractivity contribution in [1.82, 2.24) is 0 Å². The second-order valence-electron chi connectivity index (χ2n) is 5.99. The normalized spacial score (nSPS) is 21.3. The van der Waals surface area contributed by atoms with Crippen LogP contribution in [0.3, 0.4) is 0 Å². The summed E-state index contributed by atoms with van der Waals surface area (Å²) in [5.74, 6) is 1.21. The quantitative estimate of drug-likeness (QED) is 0.379. The fourth-order valence-electron chi connectivity index (χ4n) is 2.90. The summed E-state index contributed by atoms with van der Waals surface area (Å²) in [6.45, 7) is 5.79. The molecule has 2 unspecified atom stereocenters. The minimum atomic E-state index is 0.0708. The summed E-state index contributed by atoms with van der Waals surface area (Å²) in [5, 5.41) is 4.88. The third kappa shape index (κ3) is 5.25. The standard InChI is InChI=1S/C20H22OS4/c1-3-19(21)24-13-23-14(2)11-16-12-22-20(25-16)18-10-6-8-15-7-4-5-9-17(15)18/h3-10,14,16,20H,1,11-13H2,2H3/t14?,16?,20-/m1/s1. The molecule has 0 radical (unpaired) electrons. The summed E-state index contributed by atoms with van der Waals surface area (Å²) in [6.07, 6.45) is 2.60. The average Bonchev–Trinajstić information content (AvgIpc) is 3.09. The van der Waals surface area contributed by atoms with Crippen molar-refractivity contribution >= 4 is 62.9 Å². The molecule has 1 aliphatic rings. The number of carbonyl (C=O) groups is 1. The van der Waals surface area contributed by atoms with Crippen LogP contribution in [0, 0.1) is 0 Å². The fourth-order valence-corrected chi connectivity index (χ4v) is 8.75.